The average molecular weight is 330 g/mol. The van der Waals surface area contributed by atoms with Gasteiger partial charge in [0.15, 0.2) is 11.9 Å². The molecule has 2 aliphatic rings. The van der Waals surface area contributed by atoms with Crippen LogP contribution in [0.3, 0.4) is 0 Å². The number of fused-ring (bicyclic) bond motifs is 2. The summed E-state index contributed by atoms with van der Waals surface area (Å²) in [5.74, 6) is -5.85. The van der Waals surface area contributed by atoms with Crippen LogP contribution in [0.4, 0.5) is 17.3 Å². The molecular formula is C15H14N4O5. The molecule has 0 spiro atoms. The highest BCUT2D eigenvalue weighted by atomic mass is 16.6. The van der Waals surface area contributed by atoms with E-state index in [1.807, 2.05) is 0 Å². The first kappa shape index (κ1) is 15.0. The number of rotatable bonds is 1. The van der Waals surface area contributed by atoms with Crippen molar-refractivity contribution in [3.8, 4) is 0 Å². The maximum atomic E-state index is 12.5. The number of aliphatic hydroxyl groups is 4. The van der Waals surface area contributed by atoms with Gasteiger partial charge in [-0.1, -0.05) is 0 Å². The van der Waals surface area contributed by atoms with Gasteiger partial charge in [0, 0.05) is 12.4 Å². The van der Waals surface area contributed by atoms with Crippen LogP contribution >= 0.6 is 0 Å². The van der Waals surface area contributed by atoms with E-state index in [9.17, 15) is 25.2 Å². The van der Waals surface area contributed by atoms with E-state index in [1.165, 1.54) is 18.5 Å². The molecule has 9 nitrogen and oxygen atoms in total. The van der Waals surface area contributed by atoms with Gasteiger partial charge in [0.2, 0.25) is 11.6 Å². The number of anilines is 3. The summed E-state index contributed by atoms with van der Waals surface area (Å²) in [7, 11) is 0. The normalized spacial score (nSPS) is 20.7. The fourth-order valence-electron chi connectivity index (χ4n) is 2.93. The third-order valence-electron chi connectivity index (χ3n) is 4.34. The quantitative estimate of drug-likeness (QED) is 0.430. The van der Waals surface area contributed by atoms with Gasteiger partial charge in [0.25, 0.3) is 5.91 Å². The van der Waals surface area contributed by atoms with Crippen LogP contribution < -0.4 is 10.2 Å². The minimum absolute atomic E-state index is 0.0503. The topological polar surface area (TPSA) is 139 Å². The molecule has 24 heavy (non-hydrogen) atoms. The standard InChI is InChI=1S/C15H14N4O5/c1-7-4-6-17-11-9(7)18-12(20)8-3-2-5-16-10(8)19(11)13-14(21,22)15(13,23)24/h2-6,13,21-24H,1H3,(H,18,20). The molecule has 0 saturated heterocycles. The Morgan fingerprint density at radius 1 is 1.08 bits per heavy atom. The Labute approximate surface area is 135 Å². The van der Waals surface area contributed by atoms with E-state index in [0.717, 1.165) is 4.90 Å². The predicted octanol–water partition coefficient (Wildman–Crippen LogP) is -0.767. The maximum Gasteiger partial charge on any atom is 0.259 e. The van der Waals surface area contributed by atoms with Crippen LogP contribution in [0.15, 0.2) is 30.6 Å². The molecule has 1 aliphatic heterocycles. The zero-order chi connectivity index (χ0) is 17.3. The first-order valence-corrected chi connectivity index (χ1v) is 7.17. The third-order valence-corrected chi connectivity index (χ3v) is 4.34. The molecule has 3 heterocycles. The van der Waals surface area contributed by atoms with E-state index >= 15 is 0 Å². The second kappa shape index (κ2) is 4.48. The number of aryl methyl sites for hydroxylation is 1. The molecule has 0 atom stereocenters. The minimum atomic E-state index is -2.79. The summed E-state index contributed by atoms with van der Waals surface area (Å²) in [6, 6.07) is 3.17. The molecule has 0 bridgehead atoms. The molecule has 1 saturated carbocycles. The van der Waals surface area contributed by atoms with Crippen molar-refractivity contribution in [2.75, 3.05) is 10.2 Å². The lowest BCUT2D eigenvalue weighted by molar-refractivity contribution is -0.207. The fourth-order valence-corrected chi connectivity index (χ4v) is 2.93. The molecular weight excluding hydrogens is 316 g/mol. The van der Waals surface area contributed by atoms with Gasteiger partial charge in [-0.15, -0.1) is 0 Å². The number of carbonyl (C=O) groups is 1. The predicted molar refractivity (Wildman–Crippen MR) is 81.4 cm³/mol. The summed E-state index contributed by atoms with van der Waals surface area (Å²) in [6.07, 6.45) is 2.88. The first-order valence-electron chi connectivity index (χ1n) is 7.17. The van der Waals surface area contributed by atoms with Crippen molar-refractivity contribution >= 4 is 23.2 Å². The summed E-state index contributed by atoms with van der Waals surface area (Å²) < 4.78 is 0. The molecule has 9 heteroatoms. The van der Waals surface area contributed by atoms with E-state index < -0.39 is 23.5 Å². The molecule has 1 fully saturated rings. The van der Waals surface area contributed by atoms with Gasteiger partial charge in [-0.25, -0.2) is 9.97 Å². The van der Waals surface area contributed by atoms with Crippen molar-refractivity contribution in [2.45, 2.75) is 24.5 Å². The van der Waals surface area contributed by atoms with Crippen LogP contribution in [-0.4, -0.2) is 53.9 Å². The van der Waals surface area contributed by atoms with Crippen LogP contribution in [0.5, 0.6) is 0 Å². The molecule has 0 aromatic carbocycles. The van der Waals surface area contributed by atoms with E-state index in [4.69, 9.17) is 0 Å². The number of hydrogen-bond donors (Lipinski definition) is 5. The van der Waals surface area contributed by atoms with E-state index in [-0.39, 0.29) is 17.2 Å². The van der Waals surface area contributed by atoms with Gasteiger partial charge in [-0.05, 0) is 30.7 Å². The molecule has 2 aromatic heterocycles. The number of nitrogens with one attached hydrogen (secondary N) is 1. The Kier molecular flexibility index (Phi) is 2.80. The lowest BCUT2D eigenvalue weighted by Gasteiger charge is -2.24. The maximum absolute atomic E-state index is 12.5. The molecule has 1 amide bonds. The largest absolute Gasteiger partial charge is 0.360 e. The van der Waals surface area contributed by atoms with E-state index in [2.05, 4.69) is 15.3 Å². The number of amides is 1. The Balaban J connectivity index is 2.01. The second-order valence-corrected chi connectivity index (χ2v) is 5.88. The number of pyridine rings is 2. The van der Waals surface area contributed by atoms with Gasteiger partial charge < -0.3 is 25.7 Å². The second-order valence-electron chi connectivity index (χ2n) is 5.88. The van der Waals surface area contributed by atoms with Crippen molar-refractivity contribution < 1.29 is 25.2 Å². The first-order chi connectivity index (χ1) is 11.3. The Hall–Kier alpha value is -2.59. The van der Waals surface area contributed by atoms with Gasteiger partial charge >= 0.3 is 0 Å². The average Bonchev–Trinajstić information content (AvgIpc) is 2.98. The number of hydrogen-bond acceptors (Lipinski definition) is 8. The Morgan fingerprint density at radius 3 is 2.42 bits per heavy atom. The summed E-state index contributed by atoms with van der Waals surface area (Å²) in [5, 5.41) is 42.3. The highest BCUT2D eigenvalue weighted by molar-refractivity contribution is 6.12. The molecule has 0 unspecified atom stereocenters. The van der Waals surface area contributed by atoms with Crippen LogP contribution in [0.1, 0.15) is 15.9 Å². The van der Waals surface area contributed by atoms with Crippen LogP contribution in [0, 0.1) is 6.92 Å². The van der Waals surface area contributed by atoms with Crippen molar-refractivity contribution in [3.63, 3.8) is 0 Å². The lowest BCUT2D eigenvalue weighted by atomic mass is 10.2. The summed E-state index contributed by atoms with van der Waals surface area (Å²) in [6.45, 7) is 1.74. The monoisotopic (exact) mass is 330 g/mol. The van der Waals surface area contributed by atoms with Crippen LogP contribution in [0.2, 0.25) is 0 Å². The van der Waals surface area contributed by atoms with Gasteiger partial charge in [0.05, 0.1) is 11.3 Å². The summed E-state index contributed by atoms with van der Waals surface area (Å²) in [4.78, 5) is 21.9. The van der Waals surface area contributed by atoms with Crippen molar-refractivity contribution in [1.82, 2.24) is 9.97 Å². The molecule has 124 valence electrons. The molecule has 2 aromatic rings. The highest BCUT2D eigenvalue weighted by Gasteiger charge is 2.81. The van der Waals surface area contributed by atoms with E-state index in [1.54, 1.807) is 19.1 Å². The van der Waals surface area contributed by atoms with Crippen LogP contribution in [-0.2, 0) is 0 Å². The fraction of sp³-hybridized carbons (Fsp3) is 0.267. The van der Waals surface area contributed by atoms with Crippen LogP contribution in [0.25, 0.3) is 0 Å². The lowest BCUT2D eigenvalue weighted by Crippen LogP contribution is -2.31. The van der Waals surface area contributed by atoms with Crippen molar-refractivity contribution in [1.29, 1.82) is 0 Å². The highest BCUT2D eigenvalue weighted by Crippen LogP contribution is 2.53. The molecule has 0 radical (unpaired) electrons. The zero-order valence-corrected chi connectivity index (χ0v) is 12.5. The van der Waals surface area contributed by atoms with Crippen molar-refractivity contribution in [3.05, 3.63) is 41.7 Å². The molecule has 1 aliphatic carbocycles. The Morgan fingerprint density at radius 2 is 1.75 bits per heavy atom. The smallest absolute Gasteiger partial charge is 0.259 e. The van der Waals surface area contributed by atoms with Crippen molar-refractivity contribution in [2.24, 2.45) is 0 Å². The van der Waals surface area contributed by atoms with Gasteiger partial charge in [0.1, 0.15) is 5.82 Å². The zero-order valence-electron chi connectivity index (χ0n) is 12.5. The van der Waals surface area contributed by atoms with Gasteiger partial charge in [-0.3, -0.25) is 9.69 Å². The van der Waals surface area contributed by atoms with E-state index in [0.29, 0.717) is 11.3 Å². The SMILES string of the molecule is Cc1ccnc2c1NC(=O)c1cccnc1N2C1C(O)(O)C1(O)O. The number of aromatic nitrogens is 2. The molecule has 5 N–H and O–H groups in total. The Bertz CT molecular complexity index is 853. The number of nitrogens with zero attached hydrogens (tertiary/aromatic N) is 3. The third kappa shape index (κ3) is 1.74. The summed E-state index contributed by atoms with van der Waals surface area (Å²) >= 11 is 0. The summed E-state index contributed by atoms with van der Waals surface area (Å²) in [5.41, 5.74) is 1.15. The minimum Gasteiger partial charge on any atom is -0.360 e. The van der Waals surface area contributed by atoms with Gasteiger partial charge in [-0.2, -0.15) is 0 Å². The number of carbonyl (C=O) groups excluding carboxylic acids is 1. The molecule has 4 rings (SSSR count).